The van der Waals surface area contributed by atoms with Gasteiger partial charge in [-0.2, -0.15) is 0 Å². The number of benzene rings is 1. The van der Waals surface area contributed by atoms with E-state index in [4.69, 9.17) is 4.74 Å². The number of carbonyl (C=O) groups excluding carboxylic acids is 2. The minimum atomic E-state index is -0.665. The molecule has 0 fully saturated rings. The smallest absolute Gasteiger partial charge is 0.407 e. The molecule has 1 aromatic rings. The van der Waals surface area contributed by atoms with Crippen LogP contribution in [0.4, 0.5) is 4.79 Å². The summed E-state index contributed by atoms with van der Waals surface area (Å²) in [6, 6.07) is 4.16. The fourth-order valence-corrected chi connectivity index (χ4v) is 2.05. The molecule has 7 nitrogen and oxygen atoms in total. The maximum atomic E-state index is 12.3. The highest BCUT2D eigenvalue weighted by Crippen LogP contribution is 2.26. The van der Waals surface area contributed by atoms with Crippen LogP contribution < -0.4 is 15.4 Å². The van der Waals surface area contributed by atoms with Gasteiger partial charge in [-0.1, -0.05) is 19.9 Å². The Hall–Kier alpha value is -2.44. The van der Waals surface area contributed by atoms with Crippen molar-refractivity contribution in [1.29, 1.82) is 0 Å². The summed E-state index contributed by atoms with van der Waals surface area (Å²) in [5.41, 5.74) is 0.773. The molecule has 1 aromatic carbocycles. The number of nitrogens with one attached hydrogen (secondary N) is 2. The molecule has 0 aromatic heterocycles. The van der Waals surface area contributed by atoms with Crippen molar-refractivity contribution in [1.82, 2.24) is 10.6 Å². The van der Waals surface area contributed by atoms with Crippen molar-refractivity contribution in [2.45, 2.75) is 32.9 Å². The third kappa shape index (κ3) is 6.06. The monoisotopic (exact) mass is 324 g/mol. The van der Waals surface area contributed by atoms with Crippen LogP contribution in [0.15, 0.2) is 18.2 Å². The van der Waals surface area contributed by atoms with Gasteiger partial charge in [-0.05, 0) is 30.0 Å². The van der Waals surface area contributed by atoms with Gasteiger partial charge in [-0.3, -0.25) is 4.79 Å². The van der Waals surface area contributed by atoms with Gasteiger partial charge >= 0.3 is 6.09 Å². The highest BCUT2D eigenvalue weighted by atomic mass is 16.5. The lowest BCUT2D eigenvalue weighted by atomic mass is 10.0. The minimum absolute atomic E-state index is 0.0348. The van der Waals surface area contributed by atoms with Crippen molar-refractivity contribution < 1.29 is 24.2 Å². The van der Waals surface area contributed by atoms with E-state index in [9.17, 15) is 14.7 Å². The van der Waals surface area contributed by atoms with Crippen molar-refractivity contribution >= 4 is 12.0 Å². The van der Waals surface area contributed by atoms with Crippen molar-refractivity contribution in [2.24, 2.45) is 5.92 Å². The Morgan fingerprint density at radius 2 is 1.96 bits per heavy atom. The summed E-state index contributed by atoms with van der Waals surface area (Å²) in [4.78, 5) is 23.6. The molecule has 2 amide bonds. The van der Waals surface area contributed by atoms with Gasteiger partial charge < -0.3 is 25.2 Å². The second kappa shape index (κ2) is 8.87. The van der Waals surface area contributed by atoms with Crippen molar-refractivity contribution in [2.75, 3.05) is 14.2 Å². The van der Waals surface area contributed by atoms with Crippen LogP contribution in [0.3, 0.4) is 0 Å². The first-order chi connectivity index (χ1) is 10.9. The number of aromatic hydroxyl groups is 1. The number of hydrogen-bond acceptors (Lipinski definition) is 5. The lowest BCUT2D eigenvalue weighted by Crippen LogP contribution is -2.47. The second-order valence-electron chi connectivity index (χ2n) is 5.54. The van der Waals surface area contributed by atoms with E-state index >= 15 is 0 Å². The third-order valence-corrected chi connectivity index (χ3v) is 3.21. The molecule has 0 aliphatic carbocycles. The summed E-state index contributed by atoms with van der Waals surface area (Å²) in [5, 5.41) is 14.8. The number of rotatable bonds is 7. The molecule has 0 radical (unpaired) electrons. The Balaban J connectivity index is 2.68. The predicted octanol–water partition coefficient (Wildman–Crippen LogP) is 1.79. The molecule has 1 atom stereocenters. The maximum Gasteiger partial charge on any atom is 0.407 e. The molecule has 0 saturated carbocycles. The van der Waals surface area contributed by atoms with Crippen LogP contribution in [-0.2, 0) is 16.1 Å². The number of carbonyl (C=O) groups is 2. The van der Waals surface area contributed by atoms with Crippen LogP contribution in [0.2, 0.25) is 0 Å². The highest BCUT2D eigenvalue weighted by Gasteiger charge is 2.22. The highest BCUT2D eigenvalue weighted by molar-refractivity contribution is 5.85. The molecule has 1 unspecified atom stereocenters. The van der Waals surface area contributed by atoms with E-state index in [1.165, 1.54) is 20.3 Å². The Labute approximate surface area is 136 Å². The number of methoxy groups -OCH3 is 2. The third-order valence-electron chi connectivity index (χ3n) is 3.21. The first kappa shape index (κ1) is 18.6. The van der Waals surface area contributed by atoms with Crippen molar-refractivity contribution in [3.8, 4) is 11.5 Å². The van der Waals surface area contributed by atoms with Crippen LogP contribution in [-0.4, -0.2) is 37.4 Å². The van der Waals surface area contributed by atoms with E-state index in [1.807, 2.05) is 13.8 Å². The molecular formula is C16H24N2O5. The van der Waals surface area contributed by atoms with E-state index in [2.05, 4.69) is 15.4 Å². The zero-order valence-corrected chi connectivity index (χ0v) is 13.9. The minimum Gasteiger partial charge on any atom is -0.504 e. The number of phenolic OH excluding ortho intramolecular Hbond substituents is 1. The van der Waals surface area contributed by atoms with Gasteiger partial charge in [0.25, 0.3) is 0 Å². The van der Waals surface area contributed by atoms with E-state index < -0.39 is 12.1 Å². The van der Waals surface area contributed by atoms with Gasteiger partial charge in [0.2, 0.25) is 5.91 Å². The summed E-state index contributed by atoms with van der Waals surface area (Å²) in [7, 11) is 2.71. The number of ether oxygens (including phenoxy) is 2. The second-order valence-corrected chi connectivity index (χ2v) is 5.54. The topological polar surface area (TPSA) is 96.9 Å². The zero-order valence-electron chi connectivity index (χ0n) is 13.9. The Morgan fingerprint density at radius 3 is 2.52 bits per heavy atom. The number of amides is 2. The molecule has 128 valence electrons. The first-order valence-corrected chi connectivity index (χ1v) is 7.35. The van der Waals surface area contributed by atoms with Gasteiger partial charge in [0.15, 0.2) is 11.5 Å². The molecule has 23 heavy (non-hydrogen) atoms. The van der Waals surface area contributed by atoms with E-state index in [0.29, 0.717) is 12.2 Å². The zero-order chi connectivity index (χ0) is 17.4. The fourth-order valence-electron chi connectivity index (χ4n) is 2.05. The standard InChI is InChI=1S/C16H24N2O5/c1-10(2)7-12(18-16(21)23-4)15(20)17-9-11-5-6-13(19)14(8-11)22-3/h5-6,8,10,12,19H,7,9H2,1-4H3,(H,17,20)(H,18,21). The molecule has 3 N–H and O–H groups in total. The first-order valence-electron chi connectivity index (χ1n) is 7.35. The molecule has 1 rings (SSSR count). The summed E-state index contributed by atoms with van der Waals surface area (Å²) in [6.45, 7) is 4.18. The quantitative estimate of drug-likeness (QED) is 0.710. The van der Waals surface area contributed by atoms with Gasteiger partial charge in [0.1, 0.15) is 6.04 Å². The molecule has 7 heteroatoms. The lowest BCUT2D eigenvalue weighted by molar-refractivity contribution is -0.123. The van der Waals surface area contributed by atoms with Crippen LogP contribution in [0, 0.1) is 5.92 Å². The molecule has 0 aliphatic rings. The van der Waals surface area contributed by atoms with E-state index in [-0.39, 0.29) is 24.1 Å². The van der Waals surface area contributed by atoms with Crippen molar-refractivity contribution in [3.05, 3.63) is 23.8 Å². The maximum absolute atomic E-state index is 12.3. The summed E-state index contributed by atoms with van der Waals surface area (Å²) >= 11 is 0. The Kier molecular flexibility index (Phi) is 7.18. The summed E-state index contributed by atoms with van der Waals surface area (Å²) in [6.07, 6.45) is -0.142. The number of phenols is 1. The average Bonchev–Trinajstić information content (AvgIpc) is 2.52. The van der Waals surface area contributed by atoms with Crippen molar-refractivity contribution in [3.63, 3.8) is 0 Å². The van der Waals surface area contributed by atoms with Crippen LogP contribution in [0.5, 0.6) is 11.5 Å². The Bertz CT molecular complexity index is 545. The average molecular weight is 324 g/mol. The SMILES string of the molecule is COC(=O)NC(CC(C)C)C(=O)NCc1ccc(O)c(OC)c1. The van der Waals surface area contributed by atoms with Crippen LogP contribution in [0.1, 0.15) is 25.8 Å². The number of alkyl carbamates (subject to hydrolysis) is 1. The van der Waals surface area contributed by atoms with E-state index in [1.54, 1.807) is 12.1 Å². The summed E-state index contributed by atoms with van der Waals surface area (Å²) in [5.74, 6) is 0.309. The predicted molar refractivity (Wildman–Crippen MR) is 85.3 cm³/mol. The summed E-state index contributed by atoms with van der Waals surface area (Å²) < 4.78 is 9.57. The molecule has 0 saturated heterocycles. The van der Waals surface area contributed by atoms with Gasteiger partial charge in [0, 0.05) is 6.54 Å². The largest absolute Gasteiger partial charge is 0.504 e. The Morgan fingerprint density at radius 1 is 1.26 bits per heavy atom. The molecule has 0 bridgehead atoms. The van der Waals surface area contributed by atoms with Gasteiger partial charge in [-0.25, -0.2) is 4.79 Å². The number of hydrogen-bond donors (Lipinski definition) is 3. The van der Waals surface area contributed by atoms with E-state index in [0.717, 1.165) is 5.56 Å². The molecule has 0 aliphatic heterocycles. The van der Waals surface area contributed by atoms with Gasteiger partial charge in [-0.15, -0.1) is 0 Å². The molecule has 0 heterocycles. The van der Waals surface area contributed by atoms with Crippen LogP contribution in [0.25, 0.3) is 0 Å². The molecular weight excluding hydrogens is 300 g/mol. The lowest BCUT2D eigenvalue weighted by Gasteiger charge is -2.19. The molecule has 0 spiro atoms. The fraction of sp³-hybridized carbons (Fsp3) is 0.500. The normalized spacial score (nSPS) is 11.7. The van der Waals surface area contributed by atoms with Crippen LogP contribution >= 0.6 is 0 Å². The van der Waals surface area contributed by atoms with Gasteiger partial charge in [0.05, 0.1) is 14.2 Å².